The van der Waals surface area contributed by atoms with E-state index in [1.807, 2.05) is 6.92 Å². The van der Waals surface area contributed by atoms with E-state index in [1.54, 1.807) is 0 Å². The molecule has 2 amide bonds. The van der Waals surface area contributed by atoms with Crippen LogP contribution >= 0.6 is 0 Å². The molecule has 0 aromatic carbocycles. The first kappa shape index (κ1) is 9.03. The number of carbonyl (C=O) groups excluding carboxylic acids is 2. The molecule has 1 fully saturated rings. The van der Waals surface area contributed by atoms with Crippen molar-refractivity contribution in [2.45, 2.75) is 32.2 Å². The van der Waals surface area contributed by atoms with Crippen molar-refractivity contribution < 1.29 is 9.59 Å². The molecule has 1 aliphatic rings. The minimum Gasteiger partial charge on any atom is -0.354 e. The van der Waals surface area contributed by atoms with Crippen LogP contribution in [-0.4, -0.2) is 24.4 Å². The fraction of sp³-hybridized carbons (Fsp3) is 0.750. The van der Waals surface area contributed by atoms with Gasteiger partial charge in [0.15, 0.2) is 0 Å². The monoisotopic (exact) mass is 170 g/mol. The van der Waals surface area contributed by atoms with Crippen molar-refractivity contribution in [1.29, 1.82) is 0 Å². The van der Waals surface area contributed by atoms with E-state index < -0.39 is 0 Å². The first-order chi connectivity index (χ1) is 5.72. The molecule has 1 heterocycles. The van der Waals surface area contributed by atoms with Crippen LogP contribution in [-0.2, 0) is 9.59 Å². The number of hydrogen-bond acceptors (Lipinski definition) is 2. The molecular formula is C8H14N2O2. The van der Waals surface area contributed by atoms with Crippen molar-refractivity contribution in [1.82, 2.24) is 10.6 Å². The van der Waals surface area contributed by atoms with Gasteiger partial charge in [-0.15, -0.1) is 0 Å². The van der Waals surface area contributed by atoms with E-state index in [0.29, 0.717) is 19.4 Å². The summed E-state index contributed by atoms with van der Waals surface area (Å²) in [6.45, 7) is 2.53. The zero-order valence-electron chi connectivity index (χ0n) is 7.22. The molecule has 0 radical (unpaired) electrons. The molecule has 1 saturated heterocycles. The molecule has 0 unspecified atom stereocenters. The highest BCUT2D eigenvalue weighted by Crippen LogP contribution is 1.99. The second kappa shape index (κ2) is 4.09. The third-order valence-electron chi connectivity index (χ3n) is 1.82. The molecule has 2 N–H and O–H groups in total. The number of nitrogens with one attached hydrogen (secondary N) is 2. The number of amides is 2. The van der Waals surface area contributed by atoms with Crippen LogP contribution in [0.1, 0.15) is 26.2 Å². The highest BCUT2D eigenvalue weighted by Gasteiger charge is 2.22. The number of hydrogen-bond donors (Lipinski definition) is 2. The lowest BCUT2D eigenvalue weighted by atomic mass is 10.2. The van der Waals surface area contributed by atoms with E-state index in [2.05, 4.69) is 10.6 Å². The summed E-state index contributed by atoms with van der Waals surface area (Å²) in [6.07, 6.45) is 1.82. The SMILES string of the molecule is CCCC(=O)N[C@H]1CNC(=O)C1. The van der Waals surface area contributed by atoms with Gasteiger partial charge in [-0.2, -0.15) is 0 Å². The van der Waals surface area contributed by atoms with Crippen LogP contribution in [0.4, 0.5) is 0 Å². The predicted octanol–water partition coefficient (Wildman–Crippen LogP) is -0.209. The van der Waals surface area contributed by atoms with Gasteiger partial charge in [-0.25, -0.2) is 0 Å². The predicted molar refractivity (Wildman–Crippen MR) is 44.5 cm³/mol. The van der Waals surface area contributed by atoms with Gasteiger partial charge in [0.2, 0.25) is 11.8 Å². The van der Waals surface area contributed by atoms with E-state index in [1.165, 1.54) is 0 Å². The average Bonchev–Trinajstić information content (AvgIpc) is 2.36. The molecule has 0 aromatic heterocycles. The Balaban J connectivity index is 2.23. The highest BCUT2D eigenvalue weighted by atomic mass is 16.2. The summed E-state index contributed by atoms with van der Waals surface area (Å²) < 4.78 is 0. The van der Waals surface area contributed by atoms with Crippen LogP contribution in [0, 0.1) is 0 Å². The Morgan fingerprint density at radius 1 is 1.75 bits per heavy atom. The van der Waals surface area contributed by atoms with Gasteiger partial charge in [0.25, 0.3) is 0 Å². The Hall–Kier alpha value is -1.06. The molecule has 12 heavy (non-hydrogen) atoms. The molecule has 0 bridgehead atoms. The molecule has 1 rings (SSSR count). The van der Waals surface area contributed by atoms with Crippen molar-refractivity contribution in [3.8, 4) is 0 Å². The summed E-state index contributed by atoms with van der Waals surface area (Å²) in [5.74, 6) is 0.0656. The Kier molecular flexibility index (Phi) is 3.08. The van der Waals surface area contributed by atoms with Crippen LogP contribution < -0.4 is 10.6 Å². The smallest absolute Gasteiger partial charge is 0.222 e. The van der Waals surface area contributed by atoms with Gasteiger partial charge in [0.05, 0.1) is 6.04 Å². The largest absolute Gasteiger partial charge is 0.354 e. The number of rotatable bonds is 3. The van der Waals surface area contributed by atoms with Crippen LogP contribution in [0.3, 0.4) is 0 Å². The van der Waals surface area contributed by atoms with E-state index in [4.69, 9.17) is 0 Å². The minimum atomic E-state index is 0.0107. The van der Waals surface area contributed by atoms with Gasteiger partial charge < -0.3 is 10.6 Å². The lowest BCUT2D eigenvalue weighted by molar-refractivity contribution is -0.121. The third-order valence-corrected chi connectivity index (χ3v) is 1.82. The van der Waals surface area contributed by atoms with E-state index in [-0.39, 0.29) is 17.9 Å². The Morgan fingerprint density at radius 3 is 3.00 bits per heavy atom. The standard InChI is InChI=1S/C8H14N2O2/c1-2-3-7(11)10-6-4-8(12)9-5-6/h6H,2-5H2,1H3,(H,9,12)(H,10,11)/t6-/m1/s1. The summed E-state index contributed by atoms with van der Waals surface area (Å²) in [5, 5.41) is 5.45. The molecule has 4 nitrogen and oxygen atoms in total. The van der Waals surface area contributed by atoms with Gasteiger partial charge in [0, 0.05) is 19.4 Å². The van der Waals surface area contributed by atoms with Crippen LogP contribution in [0.5, 0.6) is 0 Å². The summed E-state index contributed by atoms with van der Waals surface area (Å²) in [7, 11) is 0. The van der Waals surface area contributed by atoms with Crippen molar-refractivity contribution in [3.05, 3.63) is 0 Å². The normalized spacial score (nSPS) is 22.1. The number of carbonyl (C=O) groups is 2. The molecule has 4 heteroatoms. The lowest BCUT2D eigenvalue weighted by Crippen LogP contribution is -2.35. The third kappa shape index (κ3) is 2.53. The molecule has 68 valence electrons. The minimum absolute atomic E-state index is 0.0107. The summed E-state index contributed by atoms with van der Waals surface area (Å²) in [4.78, 5) is 21.8. The zero-order chi connectivity index (χ0) is 8.97. The lowest BCUT2D eigenvalue weighted by Gasteiger charge is -2.08. The van der Waals surface area contributed by atoms with Crippen LogP contribution in [0.15, 0.2) is 0 Å². The highest BCUT2D eigenvalue weighted by molar-refractivity contribution is 5.81. The van der Waals surface area contributed by atoms with Crippen molar-refractivity contribution in [2.75, 3.05) is 6.54 Å². The Morgan fingerprint density at radius 2 is 2.50 bits per heavy atom. The van der Waals surface area contributed by atoms with E-state index in [0.717, 1.165) is 6.42 Å². The first-order valence-corrected chi connectivity index (χ1v) is 4.28. The van der Waals surface area contributed by atoms with E-state index >= 15 is 0 Å². The Labute approximate surface area is 71.7 Å². The summed E-state index contributed by atoms with van der Waals surface area (Å²) in [5.41, 5.74) is 0. The summed E-state index contributed by atoms with van der Waals surface area (Å²) in [6, 6.07) is 0.0107. The summed E-state index contributed by atoms with van der Waals surface area (Å²) >= 11 is 0. The fourth-order valence-electron chi connectivity index (χ4n) is 1.23. The maximum absolute atomic E-state index is 11.1. The maximum Gasteiger partial charge on any atom is 0.222 e. The Bertz CT molecular complexity index is 191. The van der Waals surface area contributed by atoms with Gasteiger partial charge >= 0.3 is 0 Å². The molecule has 1 atom stereocenters. The fourth-order valence-corrected chi connectivity index (χ4v) is 1.23. The first-order valence-electron chi connectivity index (χ1n) is 4.28. The molecule has 0 aliphatic carbocycles. The van der Waals surface area contributed by atoms with Gasteiger partial charge in [0.1, 0.15) is 0 Å². The second-order valence-corrected chi connectivity index (χ2v) is 3.02. The van der Waals surface area contributed by atoms with Gasteiger partial charge in [-0.05, 0) is 6.42 Å². The second-order valence-electron chi connectivity index (χ2n) is 3.02. The molecule has 0 spiro atoms. The van der Waals surface area contributed by atoms with Crippen molar-refractivity contribution in [2.24, 2.45) is 0 Å². The van der Waals surface area contributed by atoms with E-state index in [9.17, 15) is 9.59 Å². The molecule has 1 aliphatic heterocycles. The maximum atomic E-state index is 11.1. The molecular weight excluding hydrogens is 156 g/mol. The average molecular weight is 170 g/mol. The van der Waals surface area contributed by atoms with Crippen LogP contribution in [0.2, 0.25) is 0 Å². The van der Waals surface area contributed by atoms with Crippen molar-refractivity contribution in [3.63, 3.8) is 0 Å². The zero-order valence-corrected chi connectivity index (χ0v) is 7.22. The van der Waals surface area contributed by atoms with Gasteiger partial charge in [-0.3, -0.25) is 9.59 Å². The molecule has 0 saturated carbocycles. The topological polar surface area (TPSA) is 58.2 Å². The molecule has 0 aromatic rings. The van der Waals surface area contributed by atoms with Crippen LogP contribution in [0.25, 0.3) is 0 Å². The quantitative estimate of drug-likeness (QED) is 0.615. The van der Waals surface area contributed by atoms with Gasteiger partial charge in [-0.1, -0.05) is 6.92 Å². The van der Waals surface area contributed by atoms with Crippen molar-refractivity contribution >= 4 is 11.8 Å².